The number of hydrogen-bond acceptors (Lipinski definition) is 3. The lowest BCUT2D eigenvalue weighted by Gasteiger charge is -2.33. The van der Waals surface area contributed by atoms with E-state index in [-0.39, 0.29) is 12.3 Å². The van der Waals surface area contributed by atoms with Crippen LogP contribution in [-0.2, 0) is 9.59 Å². The molecule has 5 nitrogen and oxygen atoms in total. The van der Waals surface area contributed by atoms with Crippen molar-refractivity contribution >= 4 is 33.5 Å². The van der Waals surface area contributed by atoms with Crippen LogP contribution in [0.4, 0.5) is 5.69 Å². The minimum atomic E-state index is -0.977. The number of hydrogen-bond donors (Lipinski definition) is 2. The molecule has 1 aromatic rings. The number of carboxylic acid groups (broad SMARTS) is 1. The minimum Gasteiger partial charge on any atom is -0.481 e. The van der Waals surface area contributed by atoms with E-state index < -0.39 is 12.0 Å². The summed E-state index contributed by atoms with van der Waals surface area (Å²) in [7, 11) is 0. The second-order valence-corrected chi connectivity index (χ2v) is 4.90. The lowest BCUT2D eigenvalue weighted by atomic mass is 10.1. The van der Waals surface area contributed by atoms with Gasteiger partial charge in [-0.05, 0) is 28.1 Å². The van der Waals surface area contributed by atoms with Crippen LogP contribution in [0.2, 0.25) is 0 Å². The predicted molar refractivity (Wildman–Crippen MR) is 70.5 cm³/mol. The smallest absolute Gasteiger partial charge is 0.305 e. The largest absolute Gasteiger partial charge is 0.481 e. The molecule has 18 heavy (non-hydrogen) atoms. The molecule has 96 valence electrons. The number of amides is 1. The molecule has 1 heterocycles. The SMILES string of the molecule is O=C(O)CC1NCCN(c2ccccc2Br)C1=O. The van der Waals surface area contributed by atoms with Crippen LogP contribution < -0.4 is 10.2 Å². The zero-order chi connectivity index (χ0) is 13.1. The molecule has 6 heteroatoms. The molecule has 1 aliphatic rings. The third kappa shape index (κ3) is 2.70. The van der Waals surface area contributed by atoms with Crippen LogP contribution in [-0.4, -0.2) is 36.1 Å². The Morgan fingerprint density at radius 1 is 1.50 bits per heavy atom. The maximum atomic E-state index is 12.2. The Morgan fingerprint density at radius 3 is 2.89 bits per heavy atom. The van der Waals surface area contributed by atoms with Gasteiger partial charge in [0.1, 0.15) is 0 Å². The molecule has 1 saturated heterocycles. The Morgan fingerprint density at radius 2 is 2.22 bits per heavy atom. The summed E-state index contributed by atoms with van der Waals surface area (Å²) in [6.07, 6.45) is -0.195. The first kappa shape index (κ1) is 13.0. The minimum absolute atomic E-state index is 0.195. The van der Waals surface area contributed by atoms with Crippen molar-refractivity contribution in [1.82, 2.24) is 5.32 Å². The van der Waals surface area contributed by atoms with E-state index in [1.54, 1.807) is 4.90 Å². The number of halogens is 1. The molecule has 1 fully saturated rings. The summed E-state index contributed by atoms with van der Waals surface area (Å²) >= 11 is 3.40. The summed E-state index contributed by atoms with van der Waals surface area (Å²) in [6.45, 7) is 1.13. The Balaban J connectivity index is 2.21. The maximum Gasteiger partial charge on any atom is 0.305 e. The first-order chi connectivity index (χ1) is 8.59. The second-order valence-electron chi connectivity index (χ2n) is 4.05. The monoisotopic (exact) mass is 312 g/mol. The number of aliphatic carboxylic acids is 1. The number of piperazine rings is 1. The van der Waals surface area contributed by atoms with Crippen molar-refractivity contribution in [3.63, 3.8) is 0 Å². The molecular formula is C12H13BrN2O3. The van der Waals surface area contributed by atoms with E-state index in [2.05, 4.69) is 21.2 Å². The Hall–Kier alpha value is -1.40. The van der Waals surface area contributed by atoms with Crippen molar-refractivity contribution in [3.8, 4) is 0 Å². The fraction of sp³-hybridized carbons (Fsp3) is 0.333. The molecule has 0 spiro atoms. The van der Waals surface area contributed by atoms with Crippen molar-refractivity contribution < 1.29 is 14.7 Å². The van der Waals surface area contributed by atoms with Gasteiger partial charge in [-0.25, -0.2) is 0 Å². The molecule has 2 N–H and O–H groups in total. The summed E-state index contributed by atoms with van der Waals surface area (Å²) in [5.41, 5.74) is 0.777. The highest BCUT2D eigenvalue weighted by Gasteiger charge is 2.31. The van der Waals surface area contributed by atoms with Crippen molar-refractivity contribution in [1.29, 1.82) is 0 Å². The first-order valence-electron chi connectivity index (χ1n) is 5.60. The number of carbonyl (C=O) groups is 2. The number of para-hydroxylation sites is 1. The van der Waals surface area contributed by atoms with Gasteiger partial charge in [0.2, 0.25) is 5.91 Å². The molecule has 0 aromatic heterocycles. The van der Waals surface area contributed by atoms with Gasteiger partial charge in [0, 0.05) is 17.6 Å². The normalized spacial score (nSPS) is 19.9. The van der Waals surface area contributed by atoms with Gasteiger partial charge in [-0.2, -0.15) is 0 Å². The molecule has 1 aromatic carbocycles. The van der Waals surface area contributed by atoms with Gasteiger partial charge in [0.05, 0.1) is 18.2 Å². The van der Waals surface area contributed by atoms with Crippen LogP contribution >= 0.6 is 15.9 Å². The zero-order valence-electron chi connectivity index (χ0n) is 9.60. The number of carboxylic acids is 1. The Kier molecular flexibility index (Phi) is 3.98. The van der Waals surface area contributed by atoms with Gasteiger partial charge in [-0.15, -0.1) is 0 Å². The summed E-state index contributed by atoms with van der Waals surface area (Å²) < 4.78 is 0.828. The number of anilines is 1. The zero-order valence-corrected chi connectivity index (χ0v) is 11.2. The van der Waals surface area contributed by atoms with Crippen LogP contribution in [0.3, 0.4) is 0 Å². The Labute approximate surface area is 113 Å². The third-order valence-corrected chi connectivity index (χ3v) is 3.48. The molecule has 1 unspecified atom stereocenters. The van der Waals surface area contributed by atoms with Crippen molar-refractivity contribution in [2.75, 3.05) is 18.0 Å². The van der Waals surface area contributed by atoms with Crippen molar-refractivity contribution in [2.24, 2.45) is 0 Å². The maximum absolute atomic E-state index is 12.2. The van der Waals surface area contributed by atoms with E-state index in [0.29, 0.717) is 13.1 Å². The molecule has 0 saturated carbocycles. The lowest BCUT2D eigenvalue weighted by Crippen LogP contribution is -2.56. The van der Waals surface area contributed by atoms with E-state index in [4.69, 9.17) is 5.11 Å². The molecule has 1 amide bonds. The highest BCUT2D eigenvalue weighted by atomic mass is 79.9. The fourth-order valence-electron chi connectivity index (χ4n) is 1.98. The van der Waals surface area contributed by atoms with E-state index in [9.17, 15) is 9.59 Å². The van der Waals surface area contributed by atoms with Crippen molar-refractivity contribution in [2.45, 2.75) is 12.5 Å². The third-order valence-electron chi connectivity index (χ3n) is 2.81. The molecule has 0 bridgehead atoms. The quantitative estimate of drug-likeness (QED) is 0.880. The van der Waals surface area contributed by atoms with E-state index in [0.717, 1.165) is 10.2 Å². The average Bonchev–Trinajstić information content (AvgIpc) is 2.32. The predicted octanol–water partition coefficient (Wildman–Crippen LogP) is 1.23. The molecule has 0 aliphatic carbocycles. The van der Waals surface area contributed by atoms with Gasteiger partial charge < -0.3 is 15.3 Å². The van der Waals surface area contributed by atoms with Gasteiger partial charge in [0.25, 0.3) is 0 Å². The number of carbonyl (C=O) groups excluding carboxylic acids is 1. The van der Waals surface area contributed by atoms with Gasteiger partial charge >= 0.3 is 5.97 Å². The van der Waals surface area contributed by atoms with Crippen LogP contribution in [0.5, 0.6) is 0 Å². The standard InChI is InChI=1S/C12H13BrN2O3/c13-8-3-1-2-4-10(8)15-6-5-14-9(12(15)18)7-11(16)17/h1-4,9,14H,5-7H2,(H,16,17). The highest BCUT2D eigenvalue weighted by Crippen LogP contribution is 2.27. The molecular weight excluding hydrogens is 300 g/mol. The average molecular weight is 313 g/mol. The Bertz CT molecular complexity index is 478. The van der Waals surface area contributed by atoms with Gasteiger partial charge in [0.15, 0.2) is 0 Å². The number of nitrogens with one attached hydrogen (secondary N) is 1. The topological polar surface area (TPSA) is 69.6 Å². The number of nitrogens with zero attached hydrogens (tertiary/aromatic N) is 1. The summed E-state index contributed by atoms with van der Waals surface area (Å²) in [6, 6.07) is 6.77. The lowest BCUT2D eigenvalue weighted by molar-refractivity contribution is -0.139. The summed E-state index contributed by atoms with van der Waals surface area (Å²) in [5.74, 6) is -1.18. The number of benzene rings is 1. The summed E-state index contributed by atoms with van der Waals surface area (Å²) in [5, 5.41) is 11.7. The van der Waals surface area contributed by atoms with Crippen molar-refractivity contribution in [3.05, 3.63) is 28.7 Å². The molecule has 1 atom stereocenters. The van der Waals surface area contributed by atoms with Crippen LogP contribution in [0.25, 0.3) is 0 Å². The van der Waals surface area contributed by atoms with Gasteiger partial charge in [-0.3, -0.25) is 9.59 Å². The molecule has 0 radical (unpaired) electrons. The first-order valence-corrected chi connectivity index (χ1v) is 6.40. The van der Waals surface area contributed by atoms with Crippen LogP contribution in [0, 0.1) is 0 Å². The fourth-order valence-corrected chi connectivity index (χ4v) is 2.48. The van der Waals surface area contributed by atoms with Crippen LogP contribution in [0.15, 0.2) is 28.7 Å². The second kappa shape index (κ2) is 5.49. The molecule has 1 aliphatic heterocycles. The summed E-state index contributed by atoms with van der Waals surface area (Å²) in [4.78, 5) is 24.5. The molecule has 2 rings (SSSR count). The number of rotatable bonds is 3. The van der Waals surface area contributed by atoms with Gasteiger partial charge in [-0.1, -0.05) is 12.1 Å². The van der Waals surface area contributed by atoms with E-state index >= 15 is 0 Å². The van der Waals surface area contributed by atoms with E-state index in [1.807, 2.05) is 24.3 Å². The highest BCUT2D eigenvalue weighted by molar-refractivity contribution is 9.10. The van der Waals surface area contributed by atoms with E-state index in [1.165, 1.54) is 0 Å². The van der Waals surface area contributed by atoms with Crippen LogP contribution in [0.1, 0.15) is 6.42 Å².